The normalized spacial score (nSPS) is 13.6. The van der Waals surface area contributed by atoms with Gasteiger partial charge in [0.25, 0.3) is 5.91 Å². The summed E-state index contributed by atoms with van der Waals surface area (Å²) >= 11 is 0. The molecular formula is C12H15N3O. The Kier molecular flexibility index (Phi) is 4.03. The molecule has 0 aromatic heterocycles. The Labute approximate surface area is 95.2 Å². The molecule has 0 saturated carbocycles. The van der Waals surface area contributed by atoms with Gasteiger partial charge in [-0.25, -0.2) is 5.43 Å². The van der Waals surface area contributed by atoms with Crippen LogP contribution in [0.4, 0.5) is 0 Å². The van der Waals surface area contributed by atoms with Gasteiger partial charge in [0.15, 0.2) is 0 Å². The number of nitriles is 1. The first-order valence-corrected chi connectivity index (χ1v) is 5.15. The fourth-order valence-electron chi connectivity index (χ4n) is 1.05. The van der Waals surface area contributed by atoms with Crippen molar-refractivity contribution in [2.24, 2.45) is 0 Å². The Hall–Kier alpha value is -1.86. The molecule has 4 nitrogen and oxygen atoms in total. The molecule has 0 aliphatic rings. The minimum atomic E-state index is -0.732. The van der Waals surface area contributed by atoms with Crippen LogP contribution >= 0.6 is 0 Å². The van der Waals surface area contributed by atoms with E-state index >= 15 is 0 Å². The Morgan fingerprint density at radius 1 is 1.44 bits per heavy atom. The Morgan fingerprint density at radius 3 is 2.56 bits per heavy atom. The van der Waals surface area contributed by atoms with Crippen molar-refractivity contribution >= 4 is 5.91 Å². The summed E-state index contributed by atoms with van der Waals surface area (Å²) in [5.74, 6) is -0.240. The second kappa shape index (κ2) is 5.29. The van der Waals surface area contributed by atoms with E-state index in [-0.39, 0.29) is 5.91 Å². The zero-order valence-corrected chi connectivity index (χ0v) is 9.45. The number of benzene rings is 1. The first-order chi connectivity index (χ1) is 7.61. The largest absolute Gasteiger partial charge is 0.286 e. The molecule has 2 N–H and O–H groups in total. The van der Waals surface area contributed by atoms with Crippen molar-refractivity contribution in [2.75, 3.05) is 0 Å². The Balaban J connectivity index is 2.58. The van der Waals surface area contributed by atoms with Crippen LogP contribution in [0, 0.1) is 11.3 Å². The van der Waals surface area contributed by atoms with Crippen LogP contribution in [0.5, 0.6) is 0 Å². The van der Waals surface area contributed by atoms with Crippen molar-refractivity contribution in [1.82, 2.24) is 10.9 Å². The van der Waals surface area contributed by atoms with Crippen LogP contribution in [-0.4, -0.2) is 11.4 Å². The fraction of sp³-hybridized carbons (Fsp3) is 0.333. The van der Waals surface area contributed by atoms with E-state index in [0.717, 1.165) is 0 Å². The minimum absolute atomic E-state index is 0.240. The first kappa shape index (κ1) is 12.2. The number of amides is 1. The maximum Gasteiger partial charge on any atom is 0.265 e. The standard InChI is InChI=1S/C12H15N3O/c1-3-12(2,9-13)15-14-11(16)10-7-5-4-6-8-10/h4-8,15H,3H2,1-2H3,(H,14,16). The molecular weight excluding hydrogens is 202 g/mol. The van der Waals surface area contributed by atoms with Crippen molar-refractivity contribution in [3.05, 3.63) is 35.9 Å². The molecule has 1 amide bonds. The number of nitrogens with one attached hydrogen (secondary N) is 2. The van der Waals surface area contributed by atoms with Gasteiger partial charge in [-0.15, -0.1) is 0 Å². The number of hydrazine groups is 1. The highest BCUT2D eigenvalue weighted by Crippen LogP contribution is 2.05. The van der Waals surface area contributed by atoms with Gasteiger partial charge in [0.1, 0.15) is 5.54 Å². The van der Waals surface area contributed by atoms with E-state index in [1.54, 1.807) is 31.2 Å². The number of rotatable bonds is 4. The molecule has 1 aromatic rings. The second-order valence-electron chi connectivity index (χ2n) is 3.74. The van der Waals surface area contributed by atoms with Crippen molar-refractivity contribution < 1.29 is 4.79 Å². The molecule has 1 atom stereocenters. The van der Waals surface area contributed by atoms with Gasteiger partial charge in [-0.05, 0) is 25.5 Å². The molecule has 4 heteroatoms. The molecule has 0 fully saturated rings. The highest BCUT2D eigenvalue weighted by Gasteiger charge is 2.21. The number of nitrogens with zero attached hydrogens (tertiary/aromatic N) is 1. The van der Waals surface area contributed by atoms with E-state index in [1.807, 2.05) is 13.0 Å². The summed E-state index contributed by atoms with van der Waals surface area (Å²) in [6.07, 6.45) is 0.610. The number of carbonyl (C=O) groups excluding carboxylic acids is 1. The van der Waals surface area contributed by atoms with Crippen molar-refractivity contribution in [1.29, 1.82) is 5.26 Å². The molecule has 1 unspecified atom stereocenters. The summed E-state index contributed by atoms with van der Waals surface area (Å²) in [6.45, 7) is 3.61. The molecule has 0 aliphatic carbocycles. The number of carbonyl (C=O) groups is 1. The lowest BCUT2D eigenvalue weighted by Crippen LogP contribution is -2.51. The third-order valence-corrected chi connectivity index (χ3v) is 2.44. The second-order valence-corrected chi connectivity index (χ2v) is 3.74. The van der Waals surface area contributed by atoms with Gasteiger partial charge in [0, 0.05) is 5.56 Å². The smallest absolute Gasteiger partial charge is 0.265 e. The van der Waals surface area contributed by atoms with Gasteiger partial charge < -0.3 is 0 Å². The minimum Gasteiger partial charge on any atom is -0.286 e. The quantitative estimate of drug-likeness (QED) is 0.753. The summed E-state index contributed by atoms with van der Waals surface area (Å²) in [6, 6.07) is 11.0. The lowest BCUT2D eigenvalue weighted by Gasteiger charge is -2.21. The van der Waals surface area contributed by atoms with Crippen LogP contribution in [0.2, 0.25) is 0 Å². The summed E-state index contributed by atoms with van der Waals surface area (Å²) in [4.78, 5) is 11.6. The van der Waals surface area contributed by atoms with Crippen LogP contribution in [0.15, 0.2) is 30.3 Å². The summed E-state index contributed by atoms with van der Waals surface area (Å²) in [5.41, 5.74) is 5.09. The lowest BCUT2D eigenvalue weighted by atomic mass is 10.0. The summed E-state index contributed by atoms with van der Waals surface area (Å²) in [7, 11) is 0. The van der Waals surface area contributed by atoms with Crippen molar-refractivity contribution in [2.45, 2.75) is 25.8 Å². The Bertz CT molecular complexity index is 396. The summed E-state index contributed by atoms with van der Waals surface area (Å²) in [5, 5.41) is 8.90. The van der Waals surface area contributed by atoms with E-state index in [4.69, 9.17) is 5.26 Å². The van der Waals surface area contributed by atoms with Gasteiger partial charge in [-0.3, -0.25) is 10.2 Å². The van der Waals surface area contributed by atoms with E-state index in [1.165, 1.54) is 0 Å². The maximum absolute atomic E-state index is 11.6. The molecule has 0 spiro atoms. The fourth-order valence-corrected chi connectivity index (χ4v) is 1.05. The van der Waals surface area contributed by atoms with Gasteiger partial charge in [0.2, 0.25) is 0 Å². The molecule has 1 aromatic carbocycles. The van der Waals surface area contributed by atoms with Gasteiger partial charge in [0.05, 0.1) is 6.07 Å². The topological polar surface area (TPSA) is 64.9 Å². The molecule has 0 saturated heterocycles. The highest BCUT2D eigenvalue weighted by molar-refractivity contribution is 5.93. The maximum atomic E-state index is 11.6. The SMILES string of the molecule is CCC(C)(C#N)NNC(=O)c1ccccc1. The van der Waals surface area contributed by atoms with Crippen LogP contribution < -0.4 is 10.9 Å². The first-order valence-electron chi connectivity index (χ1n) is 5.15. The molecule has 84 valence electrons. The molecule has 0 aliphatic heterocycles. The lowest BCUT2D eigenvalue weighted by molar-refractivity contribution is 0.0917. The van der Waals surface area contributed by atoms with Crippen LogP contribution in [0.1, 0.15) is 30.6 Å². The summed E-state index contributed by atoms with van der Waals surface area (Å²) < 4.78 is 0. The van der Waals surface area contributed by atoms with Crippen molar-refractivity contribution in [3.8, 4) is 6.07 Å². The number of hydrogen-bond acceptors (Lipinski definition) is 3. The predicted molar refractivity (Wildman–Crippen MR) is 61.4 cm³/mol. The molecule has 0 heterocycles. The van der Waals surface area contributed by atoms with E-state index in [9.17, 15) is 4.79 Å². The zero-order chi connectivity index (χ0) is 12.0. The average Bonchev–Trinajstić information content (AvgIpc) is 2.36. The highest BCUT2D eigenvalue weighted by atomic mass is 16.2. The predicted octanol–water partition coefficient (Wildman–Crippen LogP) is 1.61. The van der Waals surface area contributed by atoms with Gasteiger partial charge in [-0.1, -0.05) is 25.1 Å². The Morgan fingerprint density at radius 2 is 2.06 bits per heavy atom. The van der Waals surface area contributed by atoms with E-state index in [2.05, 4.69) is 16.9 Å². The average molecular weight is 217 g/mol. The van der Waals surface area contributed by atoms with E-state index < -0.39 is 5.54 Å². The molecule has 1 rings (SSSR count). The van der Waals surface area contributed by atoms with E-state index in [0.29, 0.717) is 12.0 Å². The molecule has 0 radical (unpaired) electrons. The van der Waals surface area contributed by atoms with Crippen LogP contribution in [-0.2, 0) is 0 Å². The van der Waals surface area contributed by atoms with Gasteiger partial charge >= 0.3 is 0 Å². The van der Waals surface area contributed by atoms with Gasteiger partial charge in [-0.2, -0.15) is 5.26 Å². The number of hydrogen-bond donors (Lipinski definition) is 2. The molecule has 16 heavy (non-hydrogen) atoms. The zero-order valence-electron chi connectivity index (χ0n) is 9.45. The third-order valence-electron chi connectivity index (χ3n) is 2.44. The van der Waals surface area contributed by atoms with Crippen LogP contribution in [0.25, 0.3) is 0 Å². The van der Waals surface area contributed by atoms with Crippen LogP contribution in [0.3, 0.4) is 0 Å². The monoisotopic (exact) mass is 217 g/mol. The van der Waals surface area contributed by atoms with Crippen molar-refractivity contribution in [3.63, 3.8) is 0 Å². The molecule has 0 bridgehead atoms. The third kappa shape index (κ3) is 3.07.